The van der Waals surface area contributed by atoms with E-state index in [0.717, 1.165) is 16.9 Å². The quantitative estimate of drug-likeness (QED) is 0.702. The average molecular weight is 333 g/mol. The van der Waals surface area contributed by atoms with Crippen molar-refractivity contribution in [2.75, 3.05) is 16.0 Å². The van der Waals surface area contributed by atoms with E-state index in [4.69, 9.17) is 5.73 Å². The first-order valence-corrected chi connectivity index (χ1v) is 7.94. The standard InChI is InChI=1S/C20H16FN3O/c21-14-6-9-19(18(22)11-14)23-15-7-8-17-13(10-15)12-24(20(17)25)16-4-2-1-3-5-16/h1-11,23H,12,22H2. The van der Waals surface area contributed by atoms with Crippen LogP contribution >= 0.6 is 0 Å². The first-order valence-electron chi connectivity index (χ1n) is 7.94. The number of hydrogen-bond acceptors (Lipinski definition) is 3. The number of anilines is 4. The fraction of sp³-hybridized carbons (Fsp3) is 0.0500. The lowest BCUT2D eigenvalue weighted by molar-refractivity contribution is 0.0996. The van der Waals surface area contributed by atoms with E-state index in [9.17, 15) is 9.18 Å². The number of carbonyl (C=O) groups excluding carboxylic acids is 1. The van der Waals surface area contributed by atoms with Crippen LogP contribution in [0.3, 0.4) is 0 Å². The van der Waals surface area contributed by atoms with Gasteiger partial charge in [-0.05, 0) is 54.1 Å². The fourth-order valence-electron chi connectivity index (χ4n) is 3.02. The molecule has 0 radical (unpaired) electrons. The van der Waals surface area contributed by atoms with Crippen molar-refractivity contribution in [3.05, 3.63) is 83.7 Å². The minimum atomic E-state index is -0.374. The number of halogens is 1. The van der Waals surface area contributed by atoms with Gasteiger partial charge in [0.05, 0.1) is 17.9 Å². The van der Waals surface area contributed by atoms with Crippen molar-refractivity contribution >= 4 is 28.7 Å². The van der Waals surface area contributed by atoms with Crippen LogP contribution in [0.2, 0.25) is 0 Å². The number of hydrogen-bond donors (Lipinski definition) is 2. The summed E-state index contributed by atoms with van der Waals surface area (Å²) in [5.74, 6) is -0.379. The van der Waals surface area contributed by atoms with Gasteiger partial charge in [0.25, 0.3) is 5.91 Å². The lowest BCUT2D eigenvalue weighted by Gasteiger charge is -2.15. The van der Waals surface area contributed by atoms with E-state index in [2.05, 4.69) is 5.32 Å². The van der Waals surface area contributed by atoms with Gasteiger partial charge in [0, 0.05) is 16.9 Å². The smallest absolute Gasteiger partial charge is 0.258 e. The maximum absolute atomic E-state index is 13.2. The Bertz CT molecular complexity index is 956. The summed E-state index contributed by atoms with van der Waals surface area (Å²) in [6, 6.07) is 19.4. The molecule has 0 saturated carbocycles. The first kappa shape index (κ1) is 15.2. The van der Waals surface area contributed by atoms with Gasteiger partial charge in [-0.3, -0.25) is 4.79 Å². The average Bonchev–Trinajstić information content (AvgIpc) is 2.94. The zero-order valence-corrected chi connectivity index (χ0v) is 13.4. The predicted molar refractivity (Wildman–Crippen MR) is 97.5 cm³/mol. The van der Waals surface area contributed by atoms with Crippen LogP contribution < -0.4 is 16.0 Å². The zero-order valence-electron chi connectivity index (χ0n) is 13.4. The van der Waals surface area contributed by atoms with Gasteiger partial charge in [0.2, 0.25) is 0 Å². The SMILES string of the molecule is Nc1cc(F)ccc1Nc1ccc2c(c1)CN(c1ccccc1)C2=O. The molecular formula is C20H16FN3O. The third-order valence-electron chi connectivity index (χ3n) is 4.27. The Labute approximate surface area is 144 Å². The molecule has 1 amide bonds. The molecule has 5 heteroatoms. The fourth-order valence-corrected chi connectivity index (χ4v) is 3.02. The number of carbonyl (C=O) groups is 1. The van der Waals surface area contributed by atoms with Crippen LogP contribution in [0.4, 0.5) is 27.1 Å². The Morgan fingerprint density at radius 1 is 1.00 bits per heavy atom. The van der Waals surface area contributed by atoms with Crippen molar-refractivity contribution in [3.63, 3.8) is 0 Å². The largest absolute Gasteiger partial charge is 0.397 e. The molecular weight excluding hydrogens is 317 g/mol. The monoisotopic (exact) mass is 333 g/mol. The second-order valence-corrected chi connectivity index (χ2v) is 5.96. The summed E-state index contributed by atoms with van der Waals surface area (Å²) in [5.41, 5.74) is 10.1. The summed E-state index contributed by atoms with van der Waals surface area (Å²) in [6.45, 7) is 0.520. The van der Waals surface area contributed by atoms with Gasteiger partial charge in [-0.2, -0.15) is 0 Å². The van der Waals surface area contributed by atoms with Gasteiger partial charge in [-0.15, -0.1) is 0 Å². The first-order chi connectivity index (χ1) is 12.1. The highest BCUT2D eigenvalue weighted by molar-refractivity contribution is 6.10. The summed E-state index contributed by atoms with van der Waals surface area (Å²) < 4.78 is 13.2. The van der Waals surface area contributed by atoms with E-state index >= 15 is 0 Å². The molecule has 0 saturated heterocycles. The molecule has 0 atom stereocenters. The third-order valence-corrected chi connectivity index (χ3v) is 4.27. The number of benzene rings is 3. The Kier molecular flexibility index (Phi) is 3.61. The number of rotatable bonds is 3. The Hall–Kier alpha value is -3.34. The molecule has 4 rings (SSSR count). The molecule has 0 spiro atoms. The Morgan fingerprint density at radius 2 is 1.80 bits per heavy atom. The number of nitrogens with two attached hydrogens (primary N) is 1. The van der Waals surface area contributed by atoms with Crippen LogP contribution in [0.5, 0.6) is 0 Å². The topological polar surface area (TPSA) is 58.4 Å². The molecule has 0 aromatic heterocycles. The highest BCUT2D eigenvalue weighted by Gasteiger charge is 2.28. The van der Waals surface area contributed by atoms with Crippen molar-refractivity contribution < 1.29 is 9.18 Å². The normalized spacial score (nSPS) is 13.0. The third kappa shape index (κ3) is 2.80. The van der Waals surface area contributed by atoms with Crippen LogP contribution in [-0.4, -0.2) is 5.91 Å². The number of fused-ring (bicyclic) bond motifs is 1. The summed E-state index contributed by atoms with van der Waals surface area (Å²) in [7, 11) is 0. The van der Waals surface area contributed by atoms with E-state index in [1.165, 1.54) is 12.1 Å². The van der Waals surface area contributed by atoms with E-state index < -0.39 is 0 Å². The second kappa shape index (κ2) is 5.94. The lowest BCUT2D eigenvalue weighted by Crippen LogP contribution is -2.22. The molecule has 1 aliphatic rings. The van der Waals surface area contributed by atoms with Gasteiger partial charge in [-0.25, -0.2) is 4.39 Å². The number of nitrogen functional groups attached to an aromatic ring is 1. The maximum atomic E-state index is 13.2. The summed E-state index contributed by atoms with van der Waals surface area (Å²) in [5, 5.41) is 3.18. The molecule has 0 bridgehead atoms. The molecule has 124 valence electrons. The van der Waals surface area contributed by atoms with Crippen LogP contribution in [0.1, 0.15) is 15.9 Å². The molecule has 4 nitrogen and oxygen atoms in total. The minimum Gasteiger partial charge on any atom is -0.397 e. The molecule has 0 aliphatic carbocycles. The van der Waals surface area contributed by atoms with Crippen molar-refractivity contribution in [1.82, 2.24) is 0 Å². The van der Waals surface area contributed by atoms with Crippen LogP contribution in [0.25, 0.3) is 0 Å². The molecule has 1 aliphatic heterocycles. The van der Waals surface area contributed by atoms with E-state index in [1.54, 1.807) is 11.0 Å². The molecule has 1 heterocycles. The van der Waals surface area contributed by atoms with Gasteiger partial charge in [0.15, 0.2) is 0 Å². The minimum absolute atomic E-state index is 0.00551. The van der Waals surface area contributed by atoms with Crippen LogP contribution in [0, 0.1) is 5.82 Å². The number of nitrogens with one attached hydrogen (secondary N) is 1. The van der Waals surface area contributed by atoms with Crippen molar-refractivity contribution in [2.45, 2.75) is 6.54 Å². The molecule has 0 unspecified atom stereocenters. The van der Waals surface area contributed by atoms with Crippen LogP contribution in [-0.2, 0) is 6.54 Å². The molecule has 3 aromatic carbocycles. The molecule has 3 N–H and O–H groups in total. The van der Waals surface area contributed by atoms with E-state index in [1.807, 2.05) is 48.5 Å². The number of nitrogens with zero attached hydrogens (tertiary/aromatic N) is 1. The van der Waals surface area contributed by atoms with E-state index in [0.29, 0.717) is 23.5 Å². The highest BCUT2D eigenvalue weighted by atomic mass is 19.1. The lowest BCUT2D eigenvalue weighted by atomic mass is 10.1. The van der Waals surface area contributed by atoms with Gasteiger partial charge in [0.1, 0.15) is 5.82 Å². The summed E-state index contributed by atoms with van der Waals surface area (Å²) >= 11 is 0. The Balaban J connectivity index is 1.61. The summed E-state index contributed by atoms with van der Waals surface area (Å²) in [6.07, 6.45) is 0. The van der Waals surface area contributed by atoms with E-state index in [-0.39, 0.29) is 11.7 Å². The molecule has 0 fully saturated rings. The maximum Gasteiger partial charge on any atom is 0.258 e. The molecule has 25 heavy (non-hydrogen) atoms. The van der Waals surface area contributed by atoms with Gasteiger partial charge >= 0.3 is 0 Å². The van der Waals surface area contributed by atoms with Crippen molar-refractivity contribution in [2.24, 2.45) is 0 Å². The van der Waals surface area contributed by atoms with Crippen molar-refractivity contribution in [3.8, 4) is 0 Å². The number of amides is 1. The summed E-state index contributed by atoms with van der Waals surface area (Å²) in [4.78, 5) is 14.4. The number of para-hydroxylation sites is 1. The van der Waals surface area contributed by atoms with Gasteiger partial charge < -0.3 is 16.0 Å². The highest BCUT2D eigenvalue weighted by Crippen LogP contribution is 2.31. The second-order valence-electron chi connectivity index (χ2n) is 5.96. The molecule has 3 aromatic rings. The van der Waals surface area contributed by atoms with Gasteiger partial charge in [-0.1, -0.05) is 18.2 Å². The predicted octanol–water partition coefficient (Wildman–Crippen LogP) is 4.31. The Morgan fingerprint density at radius 3 is 2.56 bits per heavy atom. The van der Waals surface area contributed by atoms with Crippen LogP contribution in [0.15, 0.2) is 66.7 Å². The zero-order chi connectivity index (χ0) is 17.4. The van der Waals surface area contributed by atoms with Crippen molar-refractivity contribution in [1.29, 1.82) is 0 Å².